The van der Waals surface area contributed by atoms with Gasteiger partial charge in [0.1, 0.15) is 0 Å². The molecule has 0 rings (SSSR count). The van der Waals surface area contributed by atoms with E-state index in [4.69, 9.17) is 5.11 Å². The summed E-state index contributed by atoms with van der Waals surface area (Å²) in [5.74, 6) is 0.590. The molecule has 1 N–H and O–H groups in total. The number of hydrogen-bond acceptors (Lipinski definition) is 1. The highest BCUT2D eigenvalue weighted by Crippen LogP contribution is 2.25. The first-order valence-corrected chi connectivity index (χ1v) is 11.9. The number of aliphatic carboxylic acids is 1. The Morgan fingerprint density at radius 3 is 1.56 bits per heavy atom. The molecule has 0 aliphatic heterocycles. The zero-order chi connectivity index (χ0) is 20.3. The number of carboxylic acid groups (broad SMARTS) is 1. The number of carbonyl (C=O) groups is 1. The molecule has 0 saturated carbocycles. The lowest BCUT2D eigenvalue weighted by Gasteiger charge is -2.20. The molecule has 27 heavy (non-hydrogen) atoms. The van der Waals surface area contributed by atoms with Crippen LogP contribution in [-0.4, -0.2) is 11.1 Å². The quantitative estimate of drug-likeness (QED) is 0.170. The van der Waals surface area contributed by atoms with E-state index in [0.29, 0.717) is 17.9 Å². The predicted octanol–water partition coefficient (Wildman–Crippen LogP) is 8.55. The molecule has 2 heteroatoms. The van der Waals surface area contributed by atoms with Gasteiger partial charge in [-0.15, -0.1) is 0 Å². The number of hydrogen-bond donors (Lipinski definition) is 1. The Bertz CT molecular complexity index is 359. The molecular weight excluding hydrogens is 332 g/mol. The van der Waals surface area contributed by atoms with Crippen molar-refractivity contribution in [1.29, 1.82) is 0 Å². The fourth-order valence-electron chi connectivity index (χ4n) is 3.92. The number of unbranched alkanes of at least 4 members (excludes halogenated alkanes) is 12. The van der Waals surface area contributed by atoms with Gasteiger partial charge in [0.05, 0.1) is 0 Å². The Hall–Kier alpha value is -0.790. The third-order valence-corrected chi connectivity index (χ3v) is 5.98. The summed E-state index contributed by atoms with van der Waals surface area (Å²) < 4.78 is 0. The van der Waals surface area contributed by atoms with Crippen LogP contribution >= 0.6 is 0 Å². The molecule has 1 unspecified atom stereocenters. The Morgan fingerprint density at radius 2 is 1.15 bits per heavy atom. The van der Waals surface area contributed by atoms with E-state index in [2.05, 4.69) is 27.4 Å². The molecule has 160 valence electrons. The summed E-state index contributed by atoms with van der Waals surface area (Å²) in [5, 5.41) is 8.89. The number of rotatable bonds is 20. The summed E-state index contributed by atoms with van der Waals surface area (Å²) >= 11 is 0. The van der Waals surface area contributed by atoms with Gasteiger partial charge in [0, 0.05) is 5.57 Å². The van der Waals surface area contributed by atoms with Crippen LogP contribution in [0.1, 0.15) is 130 Å². The van der Waals surface area contributed by atoms with E-state index in [0.717, 1.165) is 18.8 Å². The molecule has 0 bridgehead atoms. The summed E-state index contributed by atoms with van der Waals surface area (Å²) in [6.45, 7) is 10.5. The van der Waals surface area contributed by atoms with Crippen LogP contribution in [0, 0.1) is 11.8 Å². The van der Waals surface area contributed by atoms with Gasteiger partial charge in [-0.25, -0.2) is 4.79 Å². The Morgan fingerprint density at radius 1 is 0.741 bits per heavy atom. The fraction of sp³-hybridized carbons (Fsp3) is 0.880. The minimum absolute atomic E-state index is 0.360. The first-order chi connectivity index (χ1) is 13.0. The minimum Gasteiger partial charge on any atom is -0.478 e. The largest absolute Gasteiger partial charge is 0.478 e. The molecule has 0 fully saturated rings. The molecule has 0 aromatic rings. The summed E-state index contributed by atoms with van der Waals surface area (Å²) in [6.07, 6.45) is 22.3. The van der Waals surface area contributed by atoms with E-state index in [1.807, 2.05) is 0 Å². The zero-order valence-corrected chi connectivity index (χ0v) is 18.7. The van der Waals surface area contributed by atoms with Crippen LogP contribution in [0.2, 0.25) is 0 Å². The Labute approximate surface area is 170 Å². The molecule has 0 radical (unpaired) electrons. The summed E-state index contributed by atoms with van der Waals surface area (Å²) in [5.41, 5.74) is 0.360. The molecule has 0 aliphatic carbocycles. The molecule has 0 heterocycles. The maximum atomic E-state index is 10.8. The molecule has 2 nitrogen and oxygen atoms in total. The van der Waals surface area contributed by atoms with Crippen molar-refractivity contribution in [3.63, 3.8) is 0 Å². The van der Waals surface area contributed by atoms with Crippen molar-refractivity contribution in [3.05, 3.63) is 12.2 Å². The van der Waals surface area contributed by atoms with E-state index in [1.54, 1.807) is 0 Å². The van der Waals surface area contributed by atoms with Crippen LogP contribution in [0.15, 0.2) is 12.2 Å². The second-order valence-corrected chi connectivity index (χ2v) is 8.84. The first-order valence-electron chi connectivity index (χ1n) is 11.9. The van der Waals surface area contributed by atoms with E-state index in [-0.39, 0.29) is 0 Å². The monoisotopic (exact) mass is 380 g/mol. The molecule has 0 aliphatic rings. The van der Waals surface area contributed by atoms with E-state index >= 15 is 0 Å². The maximum absolute atomic E-state index is 10.8. The van der Waals surface area contributed by atoms with Crippen molar-refractivity contribution in [3.8, 4) is 0 Å². The van der Waals surface area contributed by atoms with Gasteiger partial charge in [-0.05, 0) is 31.1 Å². The molecular formula is C25H48O2. The lowest BCUT2D eigenvalue weighted by molar-refractivity contribution is -0.132. The van der Waals surface area contributed by atoms with Gasteiger partial charge in [-0.2, -0.15) is 0 Å². The third kappa shape index (κ3) is 17.1. The standard InChI is InChI=1S/C25H48O2/c1-5-6-7-8-9-10-11-12-13-14-15-16-17-20-24(22(2)3)21-18-19-23(4)25(26)27/h22,24H,4-21H2,1-3H3,(H,26,27). The lowest BCUT2D eigenvalue weighted by atomic mass is 9.85. The highest BCUT2D eigenvalue weighted by atomic mass is 16.4. The molecule has 1 atom stereocenters. The molecule has 0 aromatic heterocycles. The van der Waals surface area contributed by atoms with Crippen LogP contribution in [0.25, 0.3) is 0 Å². The first kappa shape index (κ1) is 26.2. The van der Waals surface area contributed by atoms with Crippen LogP contribution in [0.4, 0.5) is 0 Å². The average Bonchev–Trinajstić information content (AvgIpc) is 2.63. The maximum Gasteiger partial charge on any atom is 0.330 e. The van der Waals surface area contributed by atoms with Crippen molar-refractivity contribution in [1.82, 2.24) is 0 Å². The van der Waals surface area contributed by atoms with E-state index < -0.39 is 5.97 Å². The molecule has 0 aromatic carbocycles. The van der Waals surface area contributed by atoms with Gasteiger partial charge >= 0.3 is 5.97 Å². The second-order valence-electron chi connectivity index (χ2n) is 8.84. The zero-order valence-electron chi connectivity index (χ0n) is 18.7. The lowest BCUT2D eigenvalue weighted by Crippen LogP contribution is -2.09. The van der Waals surface area contributed by atoms with Gasteiger partial charge in [0.15, 0.2) is 0 Å². The summed E-state index contributed by atoms with van der Waals surface area (Å²) in [6, 6.07) is 0. The van der Waals surface area contributed by atoms with Crippen LogP contribution in [0.3, 0.4) is 0 Å². The SMILES string of the molecule is C=C(CCCC(CCCCCCCCCCCCCCC)C(C)C)C(=O)O. The van der Waals surface area contributed by atoms with E-state index in [1.165, 1.54) is 89.9 Å². The van der Waals surface area contributed by atoms with Gasteiger partial charge in [0.25, 0.3) is 0 Å². The van der Waals surface area contributed by atoms with Gasteiger partial charge in [-0.3, -0.25) is 0 Å². The van der Waals surface area contributed by atoms with Gasteiger partial charge in [0.2, 0.25) is 0 Å². The smallest absolute Gasteiger partial charge is 0.330 e. The van der Waals surface area contributed by atoms with Gasteiger partial charge < -0.3 is 5.11 Å². The van der Waals surface area contributed by atoms with Crippen molar-refractivity contribution < 1.29 is 9.90 Å². The molecule has 0 spiro atoms. The minimum atomic E-state index is -0.840. The second kappa shape index (κ2) is 18.6. The van der Waals surface area contributed by atoms with Crippen molar-refractivity contribution in [2.45, 2.75) is 130 Å². The van der Waals surface area contributed by atoms with Gasteiger partial charge in [-0.1, -0.05) is 117 Å². The average molecular weight is 381 g/mol. The highest BCUT2D eigenvalue weighted by Gasteiger charge is 2.13. The fourth-order valence-corrected chi connectivity index (χ4v) is 3.92. The topological polar surface area (TPSA) is 37.3 Å². The van der Waals surface area contributed by atoms with Crippen LogP contribution in [0.5, 0.6) is 0 Å². The number of carboxylic acids is 1. The molecule has 0 saturated heterocycles. The van der Waals surface area contributed by atoms with E-state index in [9.17, 15) is 4.79 Å². The van der Waals surface area contributed by atoms with Crippen LogP contribution < -0.4 is 0 Å². The Balaban J connectivity index is 3.51. The normalized spacial score (nSPS) is 12.4. The predicted molar refractivity (Wildman–Crippen MR) is 119 cm³/mol. The van der Waals surface area contributed by atoms with Crippen molar-refractivity contribution in [2.24, 2.45) is 11.8 Å². The van der Waals surface area contributed by atoms with Crippen molar-refractivity contribution >= 4 is 5.97 Å². The third-order valence-electron chi connectivity index (χ3n) is 5.98. The molecule has 0 amide bonds. The summed E-state index contributed by atoms with van der Waals surface area (Å²) in [7, 11) is 0. The Kier molecular flexibility index (Phi) is 18.0. The van der Waals surface area contributed by atoms with Crippen LogP contribution in [-0.2, 0) is 4.79 Å². The van der Waals surface area contributed by atoms with Crippen molar-refractivity contribution in [2.75, 3.05) is 0 Å². The highest BCUT2D eigenvalue weighted by molar-refractivity contribution is 5.85. The summed E-state index contributed by atoms with van der Waals surface area (Å²) in [4.78, 5) is 10.8.